The van der Waals surface area contributed by atoms with Gasteiger partial charge in [0, 0.05) is 0 Å². The quantitative estimate of drug-likeness (QED) is 0.324. The Labute approximate surface area is 94.4 Å². The average Bonchev–Trinajstić information content (AvgIpc) is 2.38. The van der Waals surface area contributed by atoms with Gasteiger partial charge in [-0.2, -0.15) is 0 Å². The molecule has 0 aliphatic rings. The van der Waals surface area contributed by atoms with Gasteiger partial charge in [0.1, 0.15) is 0 Å². The van der Waals surface area contributed by atoms with Crippen molar-refractivity contribution in [3.63, 3.8) is 0 Å². The van der Waals surface area contributed by atoms with E-state index in [1.807, 2.05) is 60.7 Å². The Morgan fingerprint density at radius 3 is 2.00 bits per heavy atom. The van der Waals surface area contributed by atoms with Crippen LogP contribution in [0.15, 0.2) is 60.7 Å². The van der Waals surface area contributed by atoms with Crippen LogP contribution >= 0.6 is 0 Å². The molecule has 2 aromatic carbocycles. The second kappa shape index (κ2) is 5.12. The maximum Gasteiger partial charge on any atom is 0.425 e. The summed E-state index contributed by atoms with van der Waals surface area (Å²) in [5.74, 6) is 0.451. The summed E-state index contributed by atoms with van der Waals surface area (Å²) < 4.78 is 4.21. The molecule has 0 N–H and O–H groups in total. The summed E-state index contributed by atoms with van der Waals surface area (Å²) in [4.78, 5) is 0. The van der Waals surface area contributed by atoms with Crippen molar-refractivity contribution in [2.24, 2.45) is 0 Å². The third-order valence-corrected chi connectivity index (χ3v) is 2.40. The van der Waals surface area contributed by atoms with Crippen LogP contribution in [0.25, 0.3) is 0 Å². The highest BCUT2D eigenvalue weighted by Crippen LogP contribution is 2.07. The Hall–Kier alpha value is -2.09. The number of ketones is 1. The molecule has 0 heterocycles. The molecule has 0 saturated heterocycles. The molecular weight excluding hydrogens is 200 g/mol. The molecule has 0 aromatic heterocycles. The molecule has 0 atom stereocenters. The molecule has 2 nitrogen and oxygen atoms in total. The second-order valence-electron chi connectivity index (χ2n) is 3.53. The molecular formula is C14H12O2+. The van der Waals surface area contributed by atoms with Crippen LogP contribution in [0.2, 0.25) is 0 Å². The Bertz CT molecular complexity index is 461. The summed E-state index contributed by atoms with van der Waals surface area (Å²) in [5.41, 5.74) is 1.90. The third-order valence-electron chi connectivity index (χ3n) is 2.40. The smallest absolute Gasteiger partial charge is 0.0622 e. The van der Waals surface area contributed by atoms with E-state index < -0.39 is 0 Å². The van der Waals surface area contributed by atoms with Gasteiger partial charge in [0.15, 0.2) is 0 Å². The van der Waals surface area contributed by atoms with Crippen LogP contribution in [-0.4, -0.2) is 5.78 Å². The summed E-state index contributed by atoms with van der Waals surface area (Å²) >= 11 is 0. The van der Waals surface area contributed by atoms with E-state index in [1.165, 1.54) is 0 Å². The van der Waals surface area contributed by atoms with Crippen LogP contribution in [0.1, 0.15) is 15.7 Å². The molecule has 0 unspecified atom stereocenters. The molecule has 0 spiro atoms. The van der Waals surface area contributed by atoms with Crippen LogP contribution in [-0.2, 0) is 11.7 Å². The van der Waals surface area contributed by atoms with Crippen LogP contribution in [0.5, 0.6) is 0 Å². The number of hydrogen-bond donors (Lipinski definition) is 0. The highest BCUT2D eigenvalue weighted by atomic mass is 17.1. The van der Waals surface area contributed by atoms with Crippen molar-refractivity contribution in [3.8, 4) is 0 Å². The molecule has 0 saturated carbocycles. The first-order valence-electron chi connectivity index (χ1n) is 5.15. The van der Waals surface area contributed by atoms with Gasteiger partial charge in [0.2, 0.25) is 5.26 Å². The fourth-order valence-electron chi connectivity index (χ4n) is 1.58. The van der Waals surface area contributed by atoms with Crippen LogP contribution in [0.4, 0.5) is 0 Å². The Morgan fingerprint density at radius 1 is 0.875 bits per heavy atom. The number of rotatable bonds is 3. The fraction of sp³-hybridized carbons (Fsp3) is 0.0714. The Morgan fingerprint density at radius 2 is 1.44 bits per heavy atom. The minimum atomic E-state index is 0.451. The van der Waals surface area contributed by atoms with Gasteiger partial charge in [0.25, 0.3) is 0 Å². The maximum atomic E-state index is 10.7. The van der Waals surface area contributed by atoms with Gasteiger partial charge >= 0.3 is 5.78 Å². The minimum Gasteiger partial charge on any atom is -0.0622 e. The van der Waals surface area contributed by atoms with Crippen LogP contribution in [0.3, 0.4) is 0 Å². The molecule has 0 bridgehead atoms. The SMILES string of the molecule is [O][O+]=C(Cc1ccccc1)c1ccccc1. The molecule has 2 rings (SSSR count). The zero-order valence-corrected chi connectivity index (χ0v) is 8.80. The van der Waals surface area contributed by atoms with Gasteiger partial charge in [-0.05, 0) is 17.7 Å². The van der Waals surface area contributed by atoms with E-state index in [9.17, 15) is 5.26 Å². The first kappa shape index (κ1) is 10.4. The van der Waals surface area contributed by atoms with Gasteiger partial charge in [-0.15, -0.1) is 0 Å². The molecule has 2 aromatic rings. The van der Waals surface area contributed by atoms with Gasteiger partial charge in [-0.1, -0.05) is 48.5 Å². The van der Waals surface area contributed by atoms with Crippen LogP contribution < -0.4 is 0 Å². The molecule has 2 heteroatoms. The van der Waals surface area contributed by atoms with E-state index in [0.29, 0.717) is 12.2 Å². The van der Waals surface area contributed by atoms with E-state index in [0.717, 1.165) is 11.1 Å². The highest BCUT2D eigenvalue weighted by Gasteiger charge is 2.19. The Balaban J connectivity index is 2.20. The predicted molar refractivity (Wildman–Crippen MR) is 61.6 cm³/mol. The lowest BCUT2D eigenvalue weighted by atomic mass is 10.0. The number of carbonyl (C=O) groups excluding carboxylic acids is 1. The highest BCUT2D eigenvalue weighted by molar-refractivity contribution is 5.97. The normalized spacial score (nSPS) is 11.4. The standard InChI is InChI=1S/C14H12O2/c15-16-14(13-9-5-2-6-10-13)11-12-7-3-1-4-8-12/h1-10H,11H2/q+1. The van der Waals surface area contributed by atoms with Crippen molar-refractivity contribution in [2.75, 3.05) is 0 Å². The van der Waals surface area contributed by atoms with Gasteiger partial charge < -0.3 is 0 Å². The average molecular weight is 212 g/mol. The molecule has 0 amide bonds. The monoisotopic (exact) mass is 212 g/mol. The summed E-state index contributed by atoms with van der Waals surface area (Å²) in [7, 11) is 0. The van der Waals surface area contributed by atoms with E-state index in [-0.39, 0.29) is 0 Å². The lowest BCUT2D eigenvalue weighted by Gasteiger charge is -1.94. The number of benzene rings is 2. The lowest BCUT2D eigenvalue weighted by molar-refractivity contribution is -0.635. The molecule has 79 valence electrons. The molecule has 0 aliphatic heterocycles. The fourth-order valence-corrected chi connectivity index (χ4v) is 1.58. The number of hydrogen-bond acceptors (Lipinski definition) is 0. The van der Waals surface area contributed by atoms with E-state index in [4.69, 9.17) is 0 Å². The van der Waals surface area contributed by atoms with E-state index in [1.54, 1.807) is 0 Å². The summed E-state index contributed by atoms with van der Waals surface area (Å²) in [6.07, 6.45) is 0.522. The van der Waals surface area contributed by atoms with Gasteiger partial charge in [0.05, 0.1) is 16.6 Å². The Kier molecular flexibility index (Phi) is 3.34. The van der Waals surface area contributed by atoms with Gasteiger partial charge in [-0.3, -0.25) is 0 Å². The van der Waals surface area contributed by atoms with Crippen molar-refractivity contribution in [3.05, 3.63) is 71.8 Å². The minimum absolute atomic E-state index is 0.451. The second-order valence-corrected chi connectivity index (χ2v) is 3.53. The molecule has 0 aliphatic carbocycles. The molecule has 1 radical (unpaired) electrons. The largest absolute Gasteiger partial charge is 0.425 e. The zero-order valence-electron chi connectivity index (χ0n) is 8.80. The third kappa shape index (κ3) is 2.48. The van der Waals surface area contributed by atoms with Crippen molar-refractivity contribution >= 4 is 5.78 Å². The summed E-state index contributed by atoms with van der Waals surface area (Å²) in [5, 5.41) is 10.7. The summed E-state index contributed by atoms with van der Waals surface area (Å²) in [6, 6.07) is 19.2. The predicted octanol–water partition coefficient (Wildman–Crippen LogP) is 2.99. The van der Waals surface area contributed by atoms with E-state index in [2.05, 4.69) is 4.58 Å². The zero-order chi connectivity index (χ0) is 11.2. The van der Waals surface area contributed by atoms with Crippen molar-refractivity contribution in [1.29, 1.82) is 0 Å². The van der Waals surface area contributed by atoms with E-state index >= 15 is 0 Å². The van der Waals surface area contributed by atoms with Gasteiger partial charge in [-0.25, -0.2) is 0 Å². The topological polar surface area (TPSA) is 31.2 Å². The van der Waals surface area contributed by atoms with Crippen molar-refractivity contribution in [1.82, 2.24) is 0 Å². The summed E-state index contributed by atoms with van der Waals surface area (Å²) in [6.45, 7) is 0. The molecule has 16 heavy (non-hydrogen) atoms. The van der Waals surface area contributed by atoms with Crippen molar-refractivity contribution < 1.29 is 9.83 Å². The first-order chi connectivity index (χ1) is 7.90. The van der Waals surface area contributed by atoms with Crippen molar-refractivity contribution in [2.45, 2.75) is 6.42 Å². The first-order valence-corrected chi connectivity index (χ1v) is 5.15. The lowest BCUT2D eigenvalue weighted by Crippen LogP contribution is -2.05. The maximum absolute atomic E-state index is 10.7. The molecule has 0 fully saturated rings. The van der Waals surface area contributed by atoms with Crippen LogP contribution in [0, 0.1) is 0 Å².